The highest BCUT2D eigenvalue weighted by Gasteiger charge is 2.09. The van der Waals surface area contributed by atoms with Crippen molar-refractivity contribution in [3.8, 4) is 5.75 Å². The molecule has 0 heterocycles. The lowest BCUT2D eigenvalue weighted by molar-refractivity contribution is 0.0164. The molecular weight excluding hydrogens is 256 g/mol. The summed E-state index contributed by atoms with van der Waals surface area (Å²) in [4.78, 5) is 0. The van der Waals surface area contributed by atoms with Crippen LogP contribution in [0.1, 0.15) is 25.5 Å². The monoisotopic (exact) mass is 274 g/mol. The van der Waals surface area contributed by atoms with Crippen molar-refractivity contribution in [1.29, 1.82) is 0 Å². The molecular formula is C13H19ClO4. The summed E-state index contributed by atoms with van der Waals surface area (Å²) in [5.74, 6) is 0.483. The molecule has 2 N–H and O–H groups in total. The first-order chi connectivity index (χ1) is 8.54. The van der Waals surface area contributed by atoms with E-state index in [1.165, 1.54) is 0 Å². The smallest absolute Gasteiger partial charge is 0.138 e. The van der Waals surface area contributed by atoms with E-state index in [1.807, 2.05) is 6.92 Å². The summed E-state index contributed by atoms with van der Waals surface area (Å²) in [5, 5.41) is 19.4. The van der Waals surface area contributed by atoms with Crippen LogP contribution in [0.4, 0.5) is 0 Å². The molecule has 0 aliphatic rings. The second-order valence-corrected chi connectivity index (χ2v) is 4.40. The van der Waals surface area contributed by atoms with Gasteiger partial charge >= 0.3 is 0 Å². The van der Waals surface area contributed by atoms with E-state index < -0.39 is 12.2 Å². The van der Waals surface area contributed by atoms with Gasteiger partial charge in [0.05, 0.1) is 17.7 Å². The summed E-state index contributed by atoms with van der Waals surface area (Å²) < 4.78 is 10.5. The second-order valence-electron chi connectivity index (χ2n) is 3.99. The Balaban J connectivity index is 2.52. The third kappa shape index (κ3) is 4.82. The van der Waals surface area contributed by atoms with Crippen LogP contribution in [0.5, 0.6) is 5.75 Å². The van der Waals surface area contributed by atoms with E-state index in [2.05, 4.69) is 0 Å². The zero-order valence-corrected chi connectivity index (χ0v) is 11.4. The average Bonchev–Trinajstić information content (AvgIpc) is 2.34. The van der Waals surface area contributed by atoms with Crippen molar-refractivity contribution in [1.82, 2.24) is 0 Å². The van der Waals surface area contributed by atoms with Crippen LogP contribution < -0.4 is 4.74 Å². The molecule has 102 valence electrons. The van der Waals surface area contributed by atoms with Crippen LogP contribution in [0.25, 0.3) is 0 Å². The van der Waals surface area contributed by atoms with Crippen LogP contribution >= 0.6 is 11.6 Å². The van der Waals surface area contributed by atoms with Crippen molar-refractivity contribution in [2.45, 2.75) is 26.1 Å². The number of benzene rings is 1. The Labute approximate surface area is 112 Å². The van der Waals surface area contributed by atoms with Gasteiger partial charge in [0.15, 0.2) is 0 Å². The van der Waals surface area contributed by atoms with Crippen LogP contribution in [0.3, 0.4) is 0 Å². The first kappa shape index (κ1) is 15.2. The SMILES string of the molecule is CCOCC(O)COc1ccc([C@@H](C)O)cc1Cl. The predicted octanol–water partition coefficient (Wildman–Crippen LogP) is 2.17. The lowest BCUT2D eigenvalue weighted by Crippen LogP contribution is -2.23. The number of hydrogen-bond donors (Lipinski definition) is 2. The molecule has 0 aromatic heterocycles. The minimum atomic E-state index is -0.683. The van der Waals surface area contributed by atoms with E-state index >= 15 is 0 Å². The zero-order valence-electron chi connectivity index (χ0n) is 10.6. The molecule has 0 spiro atoms. The molecule has 1 aromatic rings. The zero-order chi connectivity index (χ0) is 13.5. The Morgan fingerprint density at radius 3 is 2.56 bits per heavy atom. The molecule has 0 saturated heterocycles. The van der Waals surface area contributed by atoms with Gasteiger partial charge in [-0.05, 0) is 31.5 Å². The Morgan fingerprint density at radius 1 is 1.28 bits per heavy atom. The molecule has 4 nitrogen and oxygen atoms in total. The molecule has 1 aromatic carbocycles. The Hall–Kier alpha value is -0.810. The maximum absolute atomic E-state index is 9.54. The fourth-order valence-electron chi connectivity index (χ4n) is 1.38. The van der Waals surface area contributed by atoms with Gasteiger partial charge in [-0.15, -0.1) is 0 Å². The van der Waals surface area contributed by atoms with Gasteiger partial charge in [0.25, 0.3) is 0 Å². The molecule has 0 bridgehead atoms. The van der Waals surface area contributed by atoms with Crippen LogP contribution in [0.15, 0.2) is 18.2 Å². The van der Waals surface area contributed by atoms with Crippen molar-refractivity contribution >= 4 is 11.6 Å². The van der Waals surface area contributed by atoms with Crippen molar-refractivity contribution in [2.24, 2.45) is 0 Å². The minimum Gasteiger partial charge on any atom is -0.489 e. The molecule has 0 amide bonds. The quantitative estimate of drug-likeness (QED) is 0.800. The lowest BCUT2D eigenvalue weighted by atomic mass is 10.1. The fraction of sp³-hybridized carbons (Fsp3) is 0.538. The van der Waals surface area contributed by atoms with Crippen molar-refractivity contribution in [2.75, 3.05) is 19.8 Å². The number of hydrogen-bond acceptors (Lipinski definition) is 4. The summed E-state index contributed by atoms with van der Waals surface area (Å²) in [6.07, 6.45) is -1.25. The molecule has 0 fully saturated rings. The van der Waals surface area contributed by atoms with Crippen molar-refractivity contribution < 1.29 is 19.7 Å². The van der Waals surface area contributed by atoms with E-state index in [4.69, 9.17) is 21.1 Å². The number of aliphatic hydroxyl groups excluding tert-OH is 2. The highest BCUT2D eigenvalue weighted by atomic mass is 35.5. The first-order valence-corrected chi connectivity index (χ1v) is 6.28. The van der Waals surface area contributed by atoms with Crippen LogP contribution in [0.2, 0.25) is 5.02 Å². The summed E-state index contributed by atoms with van der Waals surface area (Å²) in [6, 6.07) is 5.06. The molecule has 1 unspecified atom stereocenters. The van der Waals surface area contributed by atoms with Crippen molar-refractivity contribution in [3.63, 3.8) is 0 Å². The van der Waals surface area contributed by atoms with E-state index in [-0.39, 0.29) is 13.2 Å². The van der Waals surface area contributed by atoms with E-state index in [9.17, 15) is 10.2 Å². The van der Waals surface area contributed by atoms with Gasteiger partial charge in [-0.3, -0.25) is 0 Å². The highest BCUT2D eigenvalue weighted by molar-refractivity contribution is 6.32. The molecule has 0 aliphatic heterocycles. The van der Waals surface area contributed by atoms with Crippen LogP contribution in [-0.2, 0) is 4.74 Å². The third-order valence-corrected chi connectivity index (χ3v) is 2.68. The maximum Gasteiger partial charge on any atom is 0.138 e. The number of halogens is 1. The summed E-state index contributed by atoms with van der Waals surface area (Å²) in [5.41, 5.74) is 0.724. The summed E-state index contributed by atoms with van der Waals surface area (Å²) in [7, 11) is 0. The topological polar surface area (TPSA) is 58.9 Å². The summed E-state index contributed by atoms with van der Waals surface area (Å²) in [6.45, 7) is 4.44. The van der Waals surface area contributed by atoms with Gasteiger partial charge in [0.2, 0.25) is 0 Å². The summed E-state index contributed by atoms with van der Waals surface area (Å²) >= 11 is 6.01. The van der Waals surface area contributed by atoms with E-state index in [1.54, 1.807) is 25.1 Å². The van der Waals surface area contributed by atoms with Gasteiger partial charge in [-0.25, -0.2) is 0 Å². The van der Waals surface area contributed by atoms with Gasteiger partial charge in [0.1, 0.15) is 18.5 Å². The third-order valence-electron chi connectivity index (χ3n) is 2.38. The predicted molar refractivity (Wildman–Crippen MR) is 70.1 cm³/mol. The maximum atomic E-state index is 9.54. The molecule has 0 aliphatic carbocycles. The molecule has 0 saturated carbocycles. The normalized spacial score (nSPS) is 14.3. The minimum absolute atomic E-state index is 0.119. The lowest BCUT2D eigenvalue weighted by Gasteiger charge is -2.14. The number of rotatable bonds is 7. The fourth-order valence-corrected chi connectivity index (χ4v) is 1.63. The molecule has 1 rings (SSSR count). The number of aliphatic hydroxyl groups is 2. The average molecular weight is 275 g/mol. The Kier molecular flexibility index (Phi) is 6.43. The van der Waals surface area contributed by atoms with Gasteiger partial charge in [-0.1, -0.05) is 17.7 Å². The van der Waals surface area contributed by atoms with E-state index in [0.717, 1.165) is 5.56 Å². The van der Waals surface area contributed by atoms with Crippen LogP contribution in [0, 0.1) is 0 Å². The largest absolute Gasteiger partial charge is 0.489 e. The van der Waals surface area contributed by atoms with Gasteiger partial charge in [-0.2, -0.15) is 0 Å². The molecule has 5 heteroatoms. The van der Waals surface area contributed by atoms with Gasteiger partial charge in [0, 0.05) is 6.61 Å². The molecule has 0 radical (unpaired) electrons. The standard InChI is InChI=1S/C13H19ClO4/c1-3-17-7-11(16)8-18-13-5-4-10(9(2)15)6-12(13)14/h4-6,9,11,15-16H,3,7-8H2,1-2H3/t9-,11?/m1/s1. The first-order valence-electron chi connectivity index (χ1n) is 5.90. The second kappa shape index (κ2) is 7.59. The van der Waals surface area contributed by atoms with Gasteiger partial charge < -0.3 is 19.7 Å². The van der Waals surface area contributed by atoms with E-state index in [0.29, 0.717) is 17.4 Å². The Bertz CT molecular complexity index is 368. The molecule has 18 heavy (non-hydrogen) atoms. The highest BCUT2D eigenvalue weighted by Crippen LogP contribution is 2.27. The Morgan fingerprint density at radius 2 is 2.00 bits per heavy atom. The van der Waals surface area contributed by atoms with Crippen LogP contribution in [-0.4, -0.2) is 36.1 Å². The molecule has 2 atom stereocenters. The van der Waals surface area contributed by atoms with Crippen molar-refractivity contribution in [3.05, 3.63) is 28.8 Å². The number of ether oxygens (including phenoxy) is 2.